The van der Waals surface area contributed by atoms with Crippen LogP contribution in [0.4, 0.5) is 10.5 Å². The molecular formula is C19H28N4O2. The molecule has 6 heteroatoms. The highest BCUT2D eigenvalue weighted by atomic mass is 16.2. The largest absolute Gasteiger partial charge is 0.368 e. The van der Waals surface area contributed by atoms with Crippen LogP contribution in [0, 0.1) is 13.8 Å². The molecule has 6 nitrogen and oxygen atoms in total. The van der Waals surface area contributed by atoms with Crippen molar-refractivity contribution in [3.8, 4) is 0 Å². The Kier molecular flexibility index (Phi) is 5.16. The van der Waals surface area contributed by atoms with Gasteiger partial charge in [0.15, 0.2) is 0 Å². The molecule has 2 unspecified atom stereocenters. The van der Waals surface area contributed by atoms with Gasteiger partial charge in [-0.15, -0.1) is 0 Å². The van der Waals surface area contributed by atoms with E-state index in [1.807, 2.05) is 11.8 Å². The van der Waals surface area contributed by atoms with Gasteiger partial charge in [-0.25, -0.2) is 4.79 Å². The lowest BCUT2D eigenvalue weighted by molar-refractivity contribution is -0.123. The number of rotatable bonds is 2. The van der Waals surface area contributed by atoms with E-state index in [4.69, 9.17) is 0 Å². The zero-order valence-electron chi connectivity index (χ0n) is 15.3. The molecule has 1 aromatic rings. The number of amides is 3. The Labute approximate surface area is 149 Å². The summed E-state index contributed by atoms with van der Waals surface area (Å²) in [7, 11) is 0. The molecule has 2 N–H and O–H groups in total. The highest BCUT2D eigenvalue weighted by Crippen LogP contribution is 2.22. The third-order valence-electron chi connectivity index (χ3n) is 5.24. The van der Waals surface area contributed by atoms with Crippen molar-refractivity contribution < 1.29 is 9.59 Å². The number of nitrogens with zero attached hydrogens (tertiary/aromatic N) is 2. The van der Waals surface area contributed by atoms with Gasteiger partial charge in [-0.05, 0) is 38.8 Å². The summed E-state index contributed by atoms with van der Waals surface area (Å²) in [6.45, 7) is 9.30. The molecule has 1 aromatic carbocycles. The number of aryl methyl sites for hydroxylation is 2. The van der Waals surface area contributed by atoms with E-state index < -0.39 is 0 Å². The Morgan fingerprint density at radius 3 is 2.56 bits per heavy atom. The number of carbonyl (C=O) groups excluding carboxylic acids is 2. The first-order valence-corrected chi connectivity index (χ1v) is 9.11. The maximum absolute atomic E-state index is 12.5. The number of benzene rings is 1. The van der Waals surface area contributed by atoms with Crippen LogP contribution >= 0.6 is 0 Å². The van der Waals surface area contributed by atoms with Gasteiger partial charge in [0, 0.05) is 44.3 Å². The Bertz CT molecular complexity index is 653. The number of piperidine rings is 1. The Morgan fingerprint density at radius 1 is 1.20 bits per heavy atom. The van der Waals surface area contributed by atoms with Crippen LogP contribution in [0.5, 0.6) is 0 Å². The van der Waals surface area contributed by atoms with Crippen molar-refractivity contribution in [1.29, 1.82) is 0 Å². The first-order valence-electron chi connectivity index (χ1n) is 9.11. The quantitative estimate of drug-likeness (QED) is 0.860. The molecule has 3 rings (SSSR count). The van der Waals surface area contributed by atoms with Gasteiger partial charge in [0.05, 0.1) is 6.04 Å². The van der Waals surface area contributed by atoms with E-state index in [2.05, 4.69) is 47.6 Å². The molecule has 136 valence electrons. The van der Waals surface area contributed by atoms with Crippen molar-refractivity contribution in [3.63, 3.8) is 0 Å². The SMILES string of the molecule is Cc1ccc(N2CCN(C(=O)NC3CCC(=O)NC3C)CC2)c(C)c1. The molecule has 0 aromatic heterocycles. The van der Waals surface area contributed by atoms with Crippen molar-refractivity contribution in [2.45, 2.75) is 45.7 Å². The van der Waals surface area contributed by atoms with E-state index in [1.165, 1.54) is 16.8 Å². The zero-order chi connectivity index (χ0) is 18.0. The standard InChI is InChI=1S/C19H28N4O2/c1-13-4-6-17(14(2)12-13)22-8-10-23(11-9-22)19(25)21-16-5-7-18(24)20-15(16)3/h4,6,12,15-16H,5,7-11H2,1-3H3,(H,20,24)(H,21,25). The fourth-order valence-corrected chi connectivity index (χ4v) is 3.72. The first-order chi connectivity index (χ1) is 11.9. The highest BCUT2D eigenvalue weighted by molar-refractivity contribution is 5.79. The van der Waals surface area contributed by atoms with Crippen molar-refractivity contribution >= 4 is 17.6 Å². The van der Waals surface area contributed by atoms with Crippen molar-refractivity contribution in [3.05, 3.63) is 29.3 Å². The Morgan fingerprint density at radius 2 is 1.92 bits per heavy atom. The van der Waals surface area contributed by atoms with E-state index in [0.29, 0.717) is 25.9 Å². The Hall–Kier alpha value is -2.24. The van der Waals surface area contributed by atoms with Crippen LogP contribution in [0.15, 0.2) is 18.2 Å². The van der Waals surface area contributed by atoms with Gasteiger partial charge in [0.2, 0.25) is 5.91 Å². The summed E-state index contributed by atoms with van der Waals surface area (Å²) in [5.41, 5.74) is 3.81. The molecule has 2 aliphatic rings. The number of anilines is 1. The van der Waals surface area contributed by atoms with Gasteiger partial charge < -0.3 is 20.4 Å². The molecule has 2 atom stereocenters. The van der Waals surface area contributed by atoms with E-state index in [9.17, 15) is 9.59 Å². The van der Waals surface area contributed by atoms with Crippen LogP contribution in [0.3, 0.4) is 0 Å². The van der Waals surface area contributed by atoms with Crippen molar-refractivity contribution in [2.75, 3.05) is 31.1 Å². The van der Waals surface area contributed by atoms with E-state index in [1.54, 1.807) is 0 Å². The van der Waals surface area contributed by atoms with Gasteiger partial charge in [0.25, 0.3) is 0 Å². The normalized spacial score (nSPS) is 24.0. The summed E-state index contributed by atoms with van der Waals surface area (Å²) in [6.07, 6.45) is 1.19. The molecule has 0 aliphatic carbocycles. The fourth-order valence-electron chi connectivity index (χ4n) is 3.72. The number of piperazine rings is 1. The van der Waals surface area contributed by atoms with Gasteiger partial charge in [-0.3, -0.25) is 4.79 Å². The monoisotopic (exact) mass is 344 g/mol. The fraction of sp³-hybridized carbons (Fsp3) is 0.579. The van der Waals surface area contributed by atoms with Crippen LogP contribution in [-0.4, -0.2) is 55.1 Å². The molecule has 0 spiro atoms. The first kappa shape index (κ1) is 17.6. The summed E-state index contributed by atoms with van der Waals surface area (Å²) in [4.78, 5) is 28.1. The van der Waals surface area contributed by atoms with Gasteiger partial charge in [-0.2, -0.15) is 0 Å². The van der Waals surface area contributed by atoms with E-state index in [-0.39, 0.29) is 24.0 Å². The maximum Gasteiger partial charge on any atom is 0.317 e. The molecule has 0 radical (unpaired) electrons. The predicted molar refractivity (Wildman–Crippen MR) is 98.9 cm³/mol. The van der Waals surface area contributed by atoms with Gasteiger partial charge >= 0.3 is 6.03 Å². The minimum atomic E-state index is -0.0201. The molecule has 2 heterocycles. The Balaban J connectivity index is 1.53. The summed E-state index contributed by atoms with van der Waals surface area (Å²) in [5, 5.41) is 5.98. The third kappa shape index (κ3) is 4.06. The molecule has 25 heavy (non-hydrogen) atoms. The summed E-state index contributed by atoms with van der Waals surface area (Å²) < 4.78 is 0. The van der Waals surface area contributed by atoms with Gasteiger partial charge in [0.1, 0.15) is 0 Å². The van der Waals surface area contributed by atoms with Crippen molar-refractivity contribution in [1.82, 2.24) is 15.5 Å². The molecule has 2 aliphatic heterocycles. The molecule has 2 fully saturated rings. The molecule has 0 saturated carbocycles. The minimum absolute atomic E-state index is 0.0123. The maximum atomic E-state index is 12.5. The van der Waals surface area contributed by atoms with Crippen LogP contribution in [0.2, 0.25) is 0 Å². The summed E-state index contributed by atoms with van der Waals surface area (Å²) >= 11 is 0. The lowest BCUT2D eigenvalue weighted by Gasteiger charge is -2.38. The molecule has 3 amide bonds. The summed E-state index contributed by atoms with van der Waals surface area (Å²) in [6, 6.07) is 6.50. The lowest BCUT2D eigenvalue weighted by atomic mass is 9.99. The van der Waals surface area contributed by atoms with E-state index >= 15 is 0 Å². The molecular weight excluding hydrogens is 316 g/mol. The highest BCUT2D eigenvalue weighted by Gasteiger charge is 2.29. The lowest BCUT2D eigenvalue weighted by Crippen LogP contribution is -2.58. The average Bonchev–Trinajstić information content (AvgIpc) is 2.57. The van der Waals surface area contributed by atoms with Crippen molar-refractivity contribution in [2.24, 2.45) is 0 Å². The third-order valence-corrected chi connectivity index (χ3v) is 5.24. The number of hydrogen-bond acceptors (Lipinski definition) is 3. The second-order valence-corrected chi connectivity index (χ2v) is 7.21. The predicted octanol–water partition coefficient (Wildman–Crippen LogP) is 1.80. The number of hydrogen-bond donors (Lipinski definition) is 2. The van der Waals surface area contributed by atoms with Crippen LogP contribution < -0.4 is 15.5 Å². The van der Waals surface area contributed by atoms with Crippen LogP contribution in [-0.2, 0) is 4.79 Å². The second-order valence-electron chi connectivity index (χ2n) is 7.21. The number of carbonyl (C=O) groups is 2. The number of urea groups is 1. The average molecular weight is 344 g/mol. The minimum Gasteiger partial charge on any atom is -0.368 e. The second kappa shape index (κ2) is 7.33. The van der Waals surface area contributed by atoms with E-state index in [0.717, 1.165) is 13.1 Å². The smallest absolute Gasteiger partial charge is 0.317 e. The summed E-state index contributed by atoms with van der Waals surface area (Å²) in [5.74, 6) is 0.0695. The molecule has 0 bridgehead atoms. The zero-order valence-corrected chi connectivity index (χ0v) is 15.3. The molecule has 2 saturated heterocycles. The van der Waals surface area contributed by atoms with Crippen LogP contribution in [0.1, 0.15) is 30.9 Å². The topological polar surface area (TPSA) is 64.7 Å². The van der Waals surface area contributed by atoms with Gasteiger partial charge in [-0.1, -0.05) is 17.7 Å². The van der Waals surface area contributed by atoms with Crippen LogP contribution in [0.25, 0.3) is 0 Å². The number of nitrogens with one attached hydrogen (secondary N) is 2.